The number of aryl methyl sites for hydroxylation is 1. The zero-order chi connectivity index (χ0) is 47.1. The summed E-state index contributed by atoms with van der Waals surface area (Å²) in [5.41, 5.74) is 6.87. The van der Waals surface area contributed by atoms with Crippen LogP contribution in [0.4, 0.5) is 11.4 Å². The number of aliphatic hydroxyl groups is 1. The third-order valence-corrected chi connectivity index (χ3v) is 12.9. The first-order chi connectivity index (χ1) is 31.6. The molecule has 2 saturated heterocycles. The summed E-state index contributed by atoms with van der Waals surface area (Å²) >= 11 is 1.57. The molecule has 5 amide bonds. The first-order valence-corrected chi connectivity index (χ1v) is 23.0. The van der Waals surface area contributed by atoms with Gasteiger partial charge in [-0.05, 0) is 59.7 Å². The molecule has 0 spiro atoms. The molecule has 5 aromatic rings. The summed E-state index contributed by atoms with van der Waals surface area (Å²) in [4.78, 5) is 83.0. The van der Waals surface area contributed by atoms with Crippen LogP contribution in [0.25, 0.3) is 21.8 Å². The van der Waals surface area contributed by atoms with E-state index in [1.54, 1.807) is 52.8 Å². The van der Waals surface area contributed by atoms with E-state index in [-0.39, 0.29) is 61.7 Å². The molecular weight excluding hydrogens is 861 g/mol. The van der Waals surface area contributed by atoms with Gasteiger partial charge in [0.2, 0.25) is 23.6 Å². The standard InChI is InChI=1S/C48H58N10O7S/c1-29(23-42(61)57-20-18-56(19-21-57)33-14-15-37(40(24-33)65-6)53-45(62)38-9-7-8-35(52-38)36-16-17-51-55-36)22-41(60)54-44(48(3,4)5)47(64)58-27-34(59)25-39(58)46(63)49-26-31-10-12-32(13-11-31)43-30(2)50-28-66-43/h7-17,24,28-29,34,39,44,59H,18-23,25-27H2,1-6H3,(H,49,63)(H,51,55)(H,53,62)(H,54,60)/t29?,34-,39+,44-/m1/s1. The van der Waals surface area contributed by atoms with Crippen molar-refractivity contribution in [3.8, 4) is 27.6 Å². The number of aliphatic hydroxyl groups excluding tert-OH is 1. The van der Waals surface area contributed by atoms with E-state index in [9.17, 15) is 29.1 Å². The van der Waals surface area contributed by atoms with Gasteiger partial charge in [-0.1, -0.05) is 58.0 Å². The highest BCUT2D eigenvalue weighted by atomic mass is 32.1. The summed E-state index contributed by atoms with van der Waals surface area (Å²) in [5, 5.41) is 26.2. The Labute approximate surface area is 388 Å². The van der Waals surface area contributed by atoms with Gasteiger partial charge >= 0.3 is 0 Å². The molecule has 66 heavy (non-hydrogen) atoms. The molecule has 2 fully saturated rings. The molecular formula is C48H58N10O7S. The number of methoxy groups -OCH3 is 1. The predicted octanol–water partition coefficient (Wildman–Crippen LogP) is 5.04. The average Bonchev–Trinajstić information content (AvgIpc) is 4.09. The number of ether oxygens (including phenoxy) is 1. The Morgan fingerprint density at radius 2 is 1.74 bits per heavy atom. The number of hydrogen-bond acceptors (Lipinski definition) is 12. The Bertz CT molecular complexity index is 2510. The fourth-order valence-electron chi connectivity index (χ4n) is 8.31. The van der Waals surface area contributed by atoms with Crippen molar-refractivity contribution >= 4 is 52.2 Å². The molecule has 5 heterocycles. The van der Waals surface area contributed by atoms with Crippen LogP contribution in [-0.4, -0.2) is 123 Å². The number of carbonyl (C=O) groups is 5. The lowest BCUT2D eigenvalue weighted by Crippen LogP contribution is -2.57. The number of piperazine rings is 1. The van der Waals surface area contributed by atoms with Crippen molar-refractivity contribution in [3.63, 3.8) is 0 Å². The first kappa shape index (κ1) is 47.3. The minimum absolute atomic E-state index is 0.0217. The van der Waals surface area contributed by atoms with Crippen LogP contribution in [0, 0.1) is 18.3 Å². The molecule has 18 heteroatoms. The molecule has 5 N–H and O–H groups in total. The number of β-amino-alcohol motifs (C(OH)–C–C–N with tert-alkyl or cyclic N) is 1. The minimum atomic E-state index is -0.976. The van der Waals surface area contributed by atoms with Crippen LogP contribution in [0.3, 0.4) is 0 Å². The number of nitrogens with zero attached hydrogens (tertiary/aromatic N) is 6. The number of aromatic nitrogens is 4. The van der Waals surface area contributed by atoms with Crippen molar-refractivity contribution in [2.75, 3.05) is 50.1 Å². The Kier molecular flexibility index (Phi) is 14.8. The smallest absolute Gasteiger partial charge is 0.274 e. The molecule has 2 aliphatic rings. The second-order valence-electron chi connectivity index (χ2n) is 18.0. The monoisotopic (exact) mass is 918 g/mol. The molecule has 0 saturated carbocycles. The fourth-order valence-corrected chi connectivity index (χ4v) is 9.12. The Balaban J connectivity index is 0.878. The maximum atomic E-state index is 14.2. The molecule has 348 valence electrons. The lowest BCUT2D eigenvalue weighted by atomic mass is 9.85. The zero-order valence-electron chi connectivity index (χ0n) is 38.2. The molecule has 4 atom stereocenters. The highest BCUT2D eigenvalue weighted by molar-refractivity contribution is 7.13. The van der Waals surface area contributed by atoms with Crippen LogP contribution in [0.15, 0.2) is 78.4 Å². The molecule has 0 radical (unpaired) electrons. The number of thiazole rings is 1. The van der Waals surface area contributed by atoms with Crippen LogP contribution in [0.5, 0.6) is 5.75 Å². The van der Waals surface area contributed by atoms with Crippen molar-refractivity contribution in [1.82, 2.24) is 40.6 Å². The van der Waals surface area contributed by atoms with Crippen molar-refractivity contribution in [1.29, 1.82) is 0 Å². The van der Waals surface area contributed by atoms with Crippen molar-refractivity contribution in [2.24, 2.45) is 11.3 Å². The number of hydrogen-bond donors (Lipinski definition) is 5. The quantitative estimate of drug-likeness (QED) is 0.0939. The Hall–Kier alpha value is -6.66. The number of anilines is 2. The molecule has 2 aliphatic heterocycles. The third-order valence-electron chi connectivity index (χ3n) is 12.0. The number of rotatable bonds is 15. The number of nitrogens with one attached hydrogen (secondary N) is 4. The number of H-pyrrole nitrogens is 1. The highest BCUT2D eigenvalue weighted by Crippen LogP contribution is 2.32. The fraction of sp³-hybridized carbons (Fsp3) is 0.417. The lowest BCUT2D eigenvalue weighted by molar-refractivity contribution is -0.144. The van der Waals surface area contributed by atoms with Crippen molar-refractivity contribution in [3.05, 3.63) is 95.4 Å². The maximum absolute atomic E-state index is 14.2. The summed E-state index contributed by atoms with van der Waals surface area (Å²) in [6.07, 6.45) is 0.986. The van der Waals surface area contributed by atoms with Crippen LogP contribution in [0.1, 0.15) is 68.7 Å². The van der Waals surface area contributed by atoms with Gasteiger partial charge in [0.25, 0.3) is 5.91 Å². The molecule has 1 unspecified atom stereocenters. The SMILES string of the molecule is COc1cc(N2CCN(C(=O)CC(C)CC(=O)N[C@H](C(=O)N3C[C@H](O)C[C@H]3C(=O)NCc3ccc(-c4scnc4C)cc3)C(C)(C)C)CC2)ccc1NC(=O)c1cccc(-c2ccn[nH]2)n1. The number of aromatic amines is 1. The van der Waals surface area contributed by atoms with Gasteiger partial charge < -0.3 is 40.5 Å². The Morgan fingerprint density at radius 1 is 0.985 bits per heavy atom. The van der Waals surface area contributed by atoms with Crippen LogP contribution < -0.4 is 25.6 Å². The van der Waals surface area contributed by atoms with E-state index >= 15 is 0 Å². The average molecular weight is 919 g/mol. The first-order valence-electron chi connectivity index (χ1n) is 22.1. The van der Waals surface area contributed by atoms with Gasteiger partial charge in [-0.2, -0.15) is 5.10 Å². The molecule has 7 rings (SSSR count). The van der Waals surface area contributed by atoms with Gasteiger partial charge in [0, 0.05) is 76.5 Å². The normalized spacial score (nSPS) is 17.2. The van der Waals surface area contributed by atoms with E-state index in [4.69, 9.17) is 4.74 Å². The number of benzene rings is 2. The number of pyridine rings is 1. The minimum Gasteiger partial charge on any atom is -0.494 e. The topological polar surface area (TPSA) is 215 Å². The van der Waals surface area contributed by atoms with E-state index in [1.165, 1.54) is 12.0 Å². The molecule has 0 aliphatic carbocycles. The van der Waals surface area contributed by atoms with Crippen LogP contribution in [0.2, 0.25) is 0 Å². The van der Waals surface area contributed by atoms with Gasteiger partial charge in [0.05, 0.1) is 46.4 Å². The number of likely N-dealkylation sites (tertiary alicyclic amines) is 1. The Morgan fingerprint density at radius 3 is 2.41 bits per heavy atom. The van der Waals surface area contributed by atoms with Crippen LogP contribution >= 0.6 is 11.3 Å². The van der Waals surface area contributed by atoms with E-state index in [2.05, 4.69) is 41.0 Å². The van der Waals surface area contributed by atoms with Crippen LogP contribution in [-0.2, 0) is 25.7 Å². The van der Waals surface area contributed by atoms with Crippen molar-refractivity contribution in [2.45, 2.75) is 78.6 Å². The molecule has 0 bridgehead atoms. The summed E-state index contributed by atoms with van der Waals surface area (Å²) in [7, 11) is 1.54. The lowest BCUT2D eigenvalue weighted by Gasteiger charge is -2.37. The zero-order valence-corrected chi connectivity index (χ0v) is 39.0. The summed E-state index contributed by atoms with van der Waals surface area (Å²) in [6.45, 7) is 11.6. The predicted molar refractivity (Wildman–Crippen MR) is 252 cm³/mol. The van der Waals surface area contributed by atoms with Gasteiger partial charge in [0.1, 0.15) is 23.5 Å². The van der Waals surface area contributed by atoms with Gasteiger partial charge in [-0.15, -0.1) is 11.3 Å². The van der Waals surface area contributed by atoms with E-state index in [1.807, 2.05) is 76.5 Å². The second kappa shape index (κ2) is 20.7. The van der Waals surface area contributed by atoms with Gasteiger partial charge in [0.15, 0.2) is 0 Å². The summed E-state index contributed by atoms with van der Waals surface area (Å²) < 4.78 is 5.65. The second-order valence-corrected chi connectivity index (χ2v) is 18.9. The number of carbonyl (C=O) groups excluding carboxylic acids is 5. The van der Waals surface area contributed by atoms with Gasteiger partial charge in [-0.25, -0.2) is 9.97 Å². The highest BCUT2D eigenvalue weighted by Gasteiger charge is 2.44. The molecule has 17 nitrogen and oxygen atoms in total. The van der Waals surface area contributed by atoms with Crippen molar-refractivity contribution < 1.29 is 33.8 Å². The molecule has 2 aromatic carbocycles. The number of amides is 5. The third kappa shape index (κ3) is 11.4. The maximum Gasteiger partial charge on any atom is 0.274 e. The largest absolute Gasteiger partial charge is 0.494 e. The van der Waals surface area contributed by atoms with E-state index in [0.717, 1.165) is 27.4 Å². The van der Waals surface area contributed by atoms with E-state index < -0.39 is 35.4 Å². The molecule has 3 aromatic heterocycles. The van der Waals surface area contributed by atoms with E-state index in [0.29, 0.717) is 49.0 Å². The van der Waals surface area contributed by atoms with Gasteiger partial charge in [-0.3, -0.25) is 29.1 Å². The summed E-state index contributed by atoms with van der Waals surface area (Å²) in [5.74, 6) is -1.49. The summed E-state index contributed by atoms with van der Waals surface area (Å²) in [6, 6.07) is 18.5.